The highest BCUT2D eigenvalue weighted by Gasteiger charge is 2.33. The number of aromatic hydroxyl groups is 1. The largest absolute Gasteiger partial charge is 0.508 e. The van der Waals surface area contributed by atoms with E-state index < -0.39 is 30.9 Å². The summed E-state index contributed by atoms with van der Waals surface area (Å²) in [6.07, 6.45) is -0.00522. The Labute approximate surface area is 116 Å². The molecule has 0 unspecified atom stereocenters. The molecular formula is C11H14FNO5S2. The maximum atomic E-state index is 13.5. The fourth-order valence-corrected chi connectivity index (χ4v) is 5.29. The number of rotatable bonds is 3. The van der Waals surface area contributed by atoms with Crippen molar-refractivity contribution >= 4 is 25.5 Å². The molecule has 0 amide bonds. The highest BCUT2D eigenvalue weighted by Crippen LogP contribution is 2.25. The first-order valence-electron chi connectivity index (χ1n) is 5.90. The molecule has 20 heavy (non-hydrogen) atoms. The summed E-state index contributed by atoms with van der Waals surface area (Å²) in [5, 5.41) is 8.20. The van der Waals surface area contributed by atoms with E-state index in [4.69, 9.17) is 5.11 Å². The molecule has 9 heteroatoms. The van der Waals surface area contributed by atoms with E-state index in [1.54, 1.807) is 0 Å². The van der Waals surface area contributed by atoms with Crippen LogP contribution < -0.4 is 4.72 Å². The highest BCUT2D eigenvalue weighted by atomic mass is 32.2. The Kier molecular flexibility index (Phi) is 3.92. The van der Waals surface area contributed by atoms with Crippen molar-refractivity contribution in [1.82, 2.24) is 0 Å². The van der Waals surface area contributed by atoms with E-state index in [9.17, 15) is 21.2 Å². The number of hydrogen-bond acceptors (Lipinski definition) is 5. The maximum Gasteiger partial charge on any atom is 0.235 e. The molecule has 1 aliphatic rings. The number of phenolic OH excluding ortho intramolecular Hbond substituents is 1. The van der Waals surface area contributed by atoms with Gasteiger partial charge < -0.3 is 5.11 Å². The van der Waals surface area contributed by atoms with Gasteiger partial charge in [0.05, 0.1) is 22.4 Å². The lowest BCUT2D eigenvalue weighted by Crippen LogP contribution is -2.36. The highest BCUT2D eigenvalue weighted by molar-refractivity contribution is 7.94. The quantitative estimate of drug-likeness (QED) is 0.803. The van der Waals surface area contributed by atoms with Gasteiger partial charge >= 0.3 is 0 Å². The third-order valence-electron chi connectivity index (χ3n) is 3.15. The summed E-state index contributed by atoms with van der Waals surface area (Å²) in [7, 11) is -7.02. The molecule has 1 fully saturated rings. The first kappa shape index (κ1) is 15.0. The SMILES string of the molecule is O=S1(=O)CCC(S(=O)(=O)Nc2ccc(O)cc2F)CC1. The molecule has 0 atom stereocenters. The first-order valence-corrected chi connectivity index (χ1v) is 9.27. The summed E-state index contributed by atoms with van der Waals surface area (Å²) in [5.41, 5.74) is -0.267. The molecule has 0 saturated carbocycles. The van der Waals surface area contributed by atoms with E-state index in [2.05, 4.69) is 4.72 Å². The summed E-state index contributed by atoms with van der Waals surface area (Å²) in [6, 6.07) is 3.07. The van der Waals surface area contributed by atoms with Crippen LogP contribution in [0.3, 0.4) is 0 Å². The second-order valence-electron chi connectivity index (χ2n) is 4.66. The van der Waals surface area contributed by atoms with Gasteiger partial charge in [-0.15, -0.1) is 0 Å². The predicted molar refractivity (Wildman–Crippen MR) is 72.3 cm³/mol. The van der Waals surface area contributed by atoms with Crippen molar-refractivity contribution in [3.8, 4) is 5.75 Å². The molecule has 0 radical (unpaired) electrons. The molecule has 1 aromatic carbocycles. The molecule has 1 saturated heterocycles. The summed E-state index contributed by atoms with van der Waals surface area (Å²) >= 11 is 0. The fraction of sp³-hybridized carbons (Fsp3) is 0.455. The van der Waals surface area contributed by atoms with Crippen LogP contribution in [0.25, 0.3) is 0 Å². The van der Waals surface area contributed by atoms with E-state index in [1.807, 2.05) is 0 Å². The Hall–Kier alpha value is -1.35. The van der Waals surface area contributed by atoms with Gasteiger partial charge in [-0.05, 0) is 25.0 Å². The van der Waals surface area contributed by atoms with Crippen LogP contribution >= 0.6 is 0 Å². The standard InChI is InChI=1S/C11H14FNO5S2/c12-10-7-8(14)1-2-11(10)13-20(17,18)9-3-5-19(15,16)6-4-9/h1-2,7,9,13-14H,3-6H2. The molecule has 2 N–H and O–H groups in total. The molecule has 1 aliphatic heterocycles. The van der Waals surface area contributed by atoms with Crippen LogP contribution in [0.2, 0.25) is 0 Å². The van der Waals surface area contributed by atoms with Gasteiger partial charge in [0, 0.05) is 6.07 Å². The molecule has 6 nitrogen and oxygen atoms in total. The molecule has 0 aromatic heterocycles. The number of benzene rings is 1. The summed E-state index contributed by atoms with van der Waals surface area (Å²) < 4.78 is 62.3. The first-order chi connectivity index (χ1) is 9.20. The minimum Gasteiger partial charge on any atom is -0.508 e. The Bertz CT molecular complexity index is 700. The van der Waals surface area contributed by atoms with Crippen LogP contribution in [0.4, 0.5) is 10.1 Å². The van der Waals surface area contributed by atoms with E-state index in [1.165, 1.54) is 0 Å². The normalized spacial score (nSPS) is 19.6. The Morgan fingerprint density at radius 3 is 2.40 bits per heavy atom. The van der Waals surface area contributed by atoms with E-state index in [0.29, 0.717) is 0 Å². The van der Waals surface area contributed by atoms with Crippen molar-refractivity contribution in [1.29, 1.82) is 0 Å². The second-order valence-corrected chi connectivity index (χ2v) is 8.93. The number of sulfonamides is 1. The molecule has 1 aromatic rings. The Morgan fingerprint density at radius 1 is 1.25 bits per heavy atom. The molecule has 0 aliphatic carbocycles. The van der Waals surface area contributed by atoms with Gasteiger partial charge in [-0.1, -0.05) is 0 Å². The van der Waals surface area contributed by atoms with Gasteiger partial charge in [0.15, 0.2) is 5.82 Å². The van der Waals surface area contributed by atoms with Crippen molar-refractivity contribution in [3.05, 3.63) is 24.0 Å². The van der Waals surface area contributed by atoms with Crippen molar-refractivity contribution in [2.75, 3.05) is 16.2 Å². The zero-order chi connectivity index (χ0) is 15.0. The van der Waals surface area contributed by atoms with Crippen LogP contribution in [-0.4, -0.2) is 38.7 Å². The number of sulfone groups is 1. The molecule has 1 heterocycles. The van der Waals surface area contributed by atoms with Crippen LogP contribution in [0, 0.1) is 5.82 Å². The monoisotopic (exact) mass is 323 g/mol. The van der Waals surface area contributed by atoms with Crippen LogP contribution in [0.5, 0.6) is 5.75 Å². The predicted octanol–water partition coefficient (Wildman–Crippen LogP) is 0.850. The molecule has 0 bridgehead atoms. The van der Waals surface area contributed by atoms with Gasteiger partial charge in [-0.2, -0.15) is 0 Å². The van der Waals surface area contributed by atoms with Crippen molar-refractivity contribution < 1.29 is 26.3 Å². The van der Waals surface area contributed by atoms with Gasteiger partial charge in [-0.3, -0.25) is 4.72 Å². The third kappa shape index (κ3) is 3.40. The van der Waals surface area contributed by atoms with Crippen molar-refractivity contribution in [2.24, 2.45) is 0 Å². The molecule has 112 valence electrons. The van der Waals surface area contributed by atoms with Crippen molar-refractivity contribution in [3.63, 3.8) is 0 Å². The summed E-state index contributed by atoms with van der Waals surface area (Å²) in [5.74, 6) is -1.57. The number of hydrogen-bond donors (Lipinski definition) is 2. The van der Waals surface area contributed by atoms with E-state index >= 15 is 0 Å². The molecule has 0 spiro atoms. The fourth-order valence-electron chi connectivity index (χ4n) is 2.00. The lowest BCUT2D eigenvalue weighted by atomic mass is 10.2. The van der Waals surface area contributed by atoms with Gasteiger partial charge in [0.1, 0.15) is 15.6 Å². The van der Waals surface area contributed by atoms with E-state index in [-0.39, 0.29) is 35.8 Å². The maximum absolute atomic E-state index is 13.5. The number of halogens is 1. The number of phenols is 1. The number of anilines is 1. The summed E-state index contributed by atoms with van der Waals surface area (Å²) in [6.45, 7) is 0. The van der Waals surface area contributed by atoms with Crippen molar-refractivity contribution in [2.45, 2.75) is 18.1 Å². The van der Waals surface area contributed by atoms with Gasteiger partial charge in [0.25, 0.3) is 0 Å². The summed E-state index contributed by atoms with van der Waals surface area (Å²) in [4.78, 5) is 0. The van der Waals surface area contributed by atoms with Gasteiger partial charge in [-0.25, -0.2) is 21.2 Å². The molecular weight excluding hydrogens is 309 g/mol. The lowest BCUT2D eigenvalue weighted by molar-refractivity contribution is 0.469. The Morgan fingerprint density at radius 2 is 1.85 bits per heavy atom. The minimum absolute atomic E-state index is 0.00261. The zero-order valence-electron chi connectivity index (χ0n) is 10.4. The third-order valence-corrected chi connectivity index (χ3v) is 6.71. The zero-order valence-corrected chi connectivity index (χ0v) is 12.0. The minimum atomic E-state index is -3.86. The lowest BCUT2D eigenvalue weighted by Gasteiger charge is -2.22. The topological polar surface area (TPSA) is 101 Å². The average molecular weight is 323 g/mol. The van der Waals surface area contributed by atoms with E-state index in [0.717, 1.165) is 18.2 Å². The van der Waals surface area contributed by atoms with Gasteiger partial charge in [0.2, 0.25) is 10.0 Å². The van der Waals surface area contributed by atoms with Crippen LogP contribution in [0.1, 0.15) is 12.8 Å². The Balaban J connectivity index is 2.16. The molecule has 2 rings (SSSR count). The second kappa shape index (κ2) is 5.21. The number of nitrogens with one attached hydrogen (secondary N) is 1. The average Bonchev–Trinajstić information content (AvgIpc) is 2.32. The smallest absolute Gasteiger partial charge is 0.235 e. The van der Waals surface area contributed by atoms with Crippen LogP contribution in [0.15, 0.2) is 18.2 Å². The van der Waals surface area contributed by atoms with Crippen LogP contribution in [-0.2, 0) is 19.9 Å².